The zero-order valence-electron chi connectivity index (χ0n) is 20.4. The molecule has 1 fully saturated rings. The summed E-state index contributed by atoms with van der Waals surface area (Å²) >= 11 is 0. The molecule has 3 N–H and O–H groups in total. The molecule has 3 aromatic rings. The van der Waals surface area contributed by atoms with E-state index in [0.29, 0.717) is 17.3 Å². The van der Waals surface area contributed by atoms with Crippen molar-refractivity contribution in [3.05, 3.63) is 35.7 Å². The smallest absolute Gasteiger partial charge is 0.419 e. The maximum Gasteiger partial charge on any atom is 0.419 e. The molecule has 1 amide bonds. The first-order valence-corrected chi connectivity index (χ1v) is 14.2. The summed E-state index contributed by atoms with van der Waals surface area (Å²) in [5.74, 6) is 0.0200. The van der Waals surface area contributed by atoms with Crippen molar-refractivity contribution >= 4 is 35.4 Å². The van der Waals surface area contributed by atoms with Crippen molar-refractivity contribution < 1.29 is 27.3 Å². The Labute approximate surface area is 211 Å². The number of aromatic nitrogens is 3. The number of carbonyl (C=O) groups is 1. The number of carbonyl (C=O) groups excluding carboxylic acids is 1. The molecule has 0 bridgehead atoms. The Balaban J connectivity index is 1.75. The lowest BCUT2D eigenvalue weighted by Gasteiger charge is -2.30. The lowest BCUT2D eigenvalue weighted by Crippen LogP contribution is -2.41. The second-order valence-corrected chi connectivity index (χ2v) is 12.5. The van der Waals surface area contributed by atoms with Crippen molar-refractivity contribution in [2.24, 2.45) is 0 Å². The number of hydrogen-bond donors (Lipinski definition) is 3. The number of hydrogen-bond acceptors (Lipinski definition) is 7. The van der Waals surface area contributed by atoms with E-state index < -0.39 is 25.0 Å². The molecule has 37 heavy (non-hydrogen) atoms. The Morgan fingerprint density at radius 1 is 1.27 bits per heavy atom. The monoisotopic (exact) mass is 534 g/mol. The third kappa shape index (κ3) is 5.57. The molecule has 9 nitrogen and oxygen atoms in total. The summed E-state index contributed by atoms with van der Waals surface area (Å²) < 4.78 is 59.5. The summed E-state index contributed by atoms with van der Waals surface area (Å²) in [5.41, 5.74) is -0.667. The van der Waals surface area contributed by atoms with E-state index in [4.69, 9.17) is 0 Å². The molecule has 0 aliphatic heterocycles. The number of fused-ring (bicyclic) bond motifs is 1. The molecule has 0 spiro atoms. The second-order valence-electron chi connectivity index (χ2n) is 9.34. The minimum absolute atomic E-state index is 0.0200. The number of alkyl carbamates (subject to hydrolysis) is 1. The topological polar surface area (TPSA) is 133 Å². The number of H-pyrrole nitrogens is 1. The highest BCUT2D eigenvalue weighted by molar-refractivity contribution is 7.70. The van der Waals surface area contributed by atoms with Crippen LogP contribution in [0.5, 0.6) is 0 Å². The number of nitrogens with one attached hydrogen (secondary N) is 3. The molecule has 1 aliphatic rings. The van der Waals surface area contributed by atoms with Crippen LogP contribution >= 0.6 is 7.14 Å². The van der Waals surface area contributed by atoms with Crippen LogP contribution in [0.2, 0.25) is 0 Å². The first kappa shape index (κ1) is 26.5. The molecule has 0 saturated heterocycles. The van der Waals surface area contributed by atoms with Gasteiger partial charge in [-0.15, -0.1) is 0 Å². The first-order valence-electron chi connectivity index (χ1n) is 11.6. The summed E-state index contributed by atoms with van der Waals surface area (Å²) in [5, 5.41) is 16.0. The van der Waals surface area contributed by atoms with E-state index in [0.717, 1.165) is 25.5 Å². The molecule has 4 rings (SSSR count). The second kappa shape index (κ2) is 10.1. The van der Waals surface area contributed by atoms with Crippen LogP contribution in [0.3, 0.4) is 0 Å². The van der Waals surface area contributed by atoms with Crippen LogP contribution < -0.4 is 15.9 Å². The number of anilines is 1. The Morgan fingerprint density at radius 3 is 2.65 bits per heavy atom. The van der Waals surface area contributed by atoms with E-state index >= 15 is 0 Å². The highest BCUT2D eigenvalue weighted by atomic mass is 31.2. The molecule has 2 aromatic heterocycles. The van der Waals surface area contributed by atoms with E-state index in [-0.39, 0.29) is 40.2 Å². The zero-order valence-corrected chi connectivity index (χ0v) is 21.3. The van der Waals surface area contributed by atoms with Crippen molar-refractivity contribution in [2.75, 3.05) is 25.8 Å². The zero-order chi connectivity index (χ0) is 27.0. The van der Waals surface area contributed by atoms with Crippen LogP contribution in [0.15, 0.2) is 24.5 Å². The standard InChI is InChI=1S/C24H26F3N6O3P/c1-36-23(34)32-15-6-4-5-14(9-15)31-22-30-12-18(24(25,26)27)19(33-22)17-11-29-20-16(17)8-7-13(10-28)21(20)37(2,3)35/h7-8,11-12,14-15,29H,4-6,9H2,1-3H3,(H,32,34)(H,30,31,33)/t14-,15+/m1/s1. The number of amides is 1. The molecule has 0 radical (unpaired) electrons. The molecular formula is C24H26F3N6O3P. The largest absolute Gasteiger partial charge is 0.453 e. The number of nitriles is 1. The average Bonchev–Trinajstić information content (AvgIpc) is 3.26. The fourth-order valence-corrected chi connectivity index (χ4v) is 6.18. The van der Waals surface area contributed by atoms with Gasteiger partial charge in [0.15, 0.2) is 0 Å². The van der Waals surface area contributed by atoms with Gasteiger partial charge >= 0.3 is 12.3 Å². The van der Waals surface area contributed by atoms with Gasteiger partial charge in [0.05, 0.1) is 35.3 Å². The lowest BCUT2D eigenvalue weighted by molar-refractivity contribution is -0.137. The van der Waals surface area contributed by atoms with Gasteiger partial charge in [-0.25, -0.2) is 14.8 Å². The first-order chi connectivity index (χ1) is 17.4. The summed E-state index contributed by atoms with van der Waals surface area (Å²) in [7, 11) is -1.67. The number of ether oxygens (including phenoxy) is 1. The maximum absolute atomic E-state index is 14.0. The summed E-state index contributed by atoms with van der Waals surface area (Å²) in [4.78, 5) is 22.7. The van der Waals surface area contributed by atoms with Crippen molar-refractivity contribution in [2.45, 2.75) is 43.9 Å². The van der Waals surface area contributed by atoms with E-state index in [1.54, 1.807) is 0 Å². The molecule has 0 unspecified atom stereocenters. The van der Waals surface area contributed by atoms with Crippen LogP contribution in [0.4, 0.5) is 23.9 Å². The van der Waals surface area contributed by atoms with Crippen LogP contribution in [0, 0.1) is 11.3 Å². The van der Waals surface area contributed by atoms with Crippen LogP contribution in [-0.2, 0) is 15.5 Å². The van der Waals surface area contributed by atoms with Crippen molar-refractivity contribution in [3.63, 3.8) is 0 Å². The third-order valence-electron chi connectivity index (χ3n) is 6.35. The maximum atomic E-state index is 14.0. The van der Waals surface area contributed by atoms with Gasteiger partial charge in [0.25, 0.3) is 0 Å². The van der Waals surface area contributed by atoms with Crippen LogP contribution in [0.25, 0.3) is 22.2 Å². The number of aromatic amines is 1. The minimum Gasteiger partial charge on any atom is -0.453 e. The molecule has 2 atom stereocenters. The molecule has 196 valence electrons. The fraction of sp³-hybridized carbons (Fsp3) is 0.417. The summed E-state index contributed by atoms with van der Waals surface area (Å²) in [6.45, 7) is 3.01. The van der Waals surface area contributed by atoms with Gasteiger partial charge in [-0.2, -0.15) is 18.4 Å². The number of halogens is 3. The van der Waals surface area contributed by atoms with Gasteiger partial charge < -0.3 is 24.9 Å². The van der Waals surface area contributed by atoms with Crippen molar-refractivity contribution in [3.8, 4) is 17.3 Å². The van der Waals surface area contributed by atoms with Gasteiger partial charge in [-0.05, 0) is 45.1 Å². The van der Waals surface area contributed by atoms with Crippen LogP contribution in [0.1, 0.15) is 36.8 Å². The number of methoxy groups -OCH3 is 1. The Kier molecular flexibility index (Phi) is 7.20. The highest BCUT2D eigenvalue weighted by Crippen LogP contribution is 2.43. The lowest BCUT2D eigenvalue weighted by atomic mass is 9.91. The average molecular weight is 534 g/mol. The van der Waals surface area contributed by atoms with Gasteiger partial charge in [0.2, 0.25) is 5.95 Å². The Morgan fingerprint density at radius 2 is 2.00 bits per heavy atom. The molecule has 1 aliphatic carbocycles. The van der Waals surface area contributed by atoms with Gasteiger partial charge in [-0.3, -0.25) is 0 Å². The fourth-order valence-electron chi connectivity index (χ4n) is 4.75. The molecule has 13 heteroatoms. The van der Waals surface area contributed by atoms with E-state index in [1.165, 1.54) is 38.8 Å². The SMILES string of the molecule is COC(=O)N[C@H]1CCC[C@@H](Nc2ncc(C(F)(F)F)c(-c3c[nH]c4c(P(C)(C)=O)c(C#N)ccc34)n2)C1. The number of nitrogens with zero attached hydrogens (tertiary/aromatic N) is 3. The Hall–Kier alpha value is -3.58. The number of rotatable bonds is 5. The van der Waals surface area contributed by atoms with Gasteiger partial charge in [0.1, 0.15) is 12.7 Å². The molecule has 2 heterocycles. The van der Waals surface area contributed by atoms with Crippen LogP contribution in [-0.4, -0.2) is 53.6 Å². The number of alkyl halides is 3. The molecular weight excluding hydrogens is 508 g/mol. The molecule has 1 aromatic carbocycles. The predicted molar refractivity (Wildman–Crippen MR) is 133 cm³/mol. The summed E-state index contributed by atoms with van der Waals surface area (Å²) in [6.07, 6.45) is -0.333. The van der Waals surface area contributed by atoms with Crippen molar-refractivity contribution in [1.29, 1.82) is 5.26 Å². The van der Waals surface area contributed by atoms with E-state index in [1.807, 2.05) is 6.07 Å². The number of benzene rings is 1. The van der Waals surface area contributed by atoms with Gasteiger partial charge in [-0.1, -0.05) is 6.07 Å². The summed E-state index contributed by atoms with van der Waals surface area (Å²) in [6, 6.07) is 4.68. The Bertz CT molecular complexity index is 1430. The van der Waals surface area contributed by atoms with E-state index in [9.17, 15) is 27.8 Å². The third-order valence-corrected chi connectivity index (χ3v) is 7.89. The highest BCUT2D eigenvalue weighted by Gasteiger charge is 2.37. The van der Waals surface area contributed by atoms with E-state index in [2.05, 4.69) is 30.3 Å². The normalized spacial score (nSPS) is 18.3. The molecule has 1 saturated carbocycles. The van der Waals surface area contributed by atoms with Gasteiger partial charge in [0, 0.05) is 35.4 Å². The quantitative estimate of drug-likeness (QED) is 0.399. The minimum atomic E-state index is -4.72. The predicted octanol–water partition coefficient (Wildman–Crippen LogP) is 4.84. The van der Waals surface area contributed by atoms with Crippen molar-refractivity contribution in [1.82, 2.24) is 20.3 Å².